The number of carbonyl (C=O) groups excluding carboxylic acids is 3. The Hall–Kier alpha value is -3.58. The van der Waals surface area contributed by atoms with Crippen molar-refractivity contribution in [3.63, 3.8) is 0 Å². The molecule has 7 heteroatoms. The number of hydrogen-bond acceptors (Lipinski definition) is 5. The first-order valence-corrected chi connectivity index (χ1v) is 10.9. The Morgan fingerprint density at radius 3 is 2.53 bits per heavy atom. The van der Waals surface area contributed by atoms with Gasteiger partial charge in [-0.25, -0.2) is 4.79 Å². The minimum Gasteiger partial charge on any atom is -0.465 e. The number of benzene rings is 3. The maximum Gasteiger partial charge on any atom is 0.337 e. The lowest BCUT2D eigenvalue weighted by atomic mass is 10.1. The molecule has 4 rings (SSSR count). The van der Waals surface area contributed by atoms with Crippen LogP contribution >= 0.6 is 11.8 Å². The van der Waals surface area contributed by atoms with Crippen LogP contribution in [0.15, 0.2) is 70.5 Å². The van der Waals surface area contributed by atoms with Gasteiger partial charge in [0.2, 0.25) is 5.91 Å². The highest BCUT2D eigenvalue weighted by Gasteiger charge is 2.29. The standard InChI is InChI=1S/C25H22N2O4S/c1-15-8-10-19(16(2)12-15)26-23(28)14-27-20-13-17(25(30)31-3)9-11-22(20)32-21-7-5-4-6-18(21)24(27)29/h4-13H,14H2,1-3H3,(H,26,28). The van der Waals surface area contributed by atoms with Gasteiger partial charge in [-0.2, -0.15) is 0 Å². The zero-order valence-electron chi connectivity index (χ0n) is 18.0. The van der Waals surface area contributed by atoms with E-state index in [2.05, 4.69) is 5.32 Å². The monoisotopic (exact) mass is 446 g/mol. The molecular weight excluding hydrogens is 424 g/mol. The first kappa shape index (κ1) is 21.6. The normalized spacial score (nSPS) is 12.5. The average Bonchev–Trinajstić information content (AvgIpc) is 2.89. The van der Waals surface area contributed by atoms with Gasteiger partial charge in [0.1, 0.15) is 6.54 Å². The number of nitrogens with zero attached hydrogens (tertiary/aromatic N) is 1. The molecule has 3 aromatic rings. The van der Waals surface area contributed by atoms with Crippen LogP contribution in [0, 0.1) is 13.8 Å². The Balaban J connectivity index is 1.72. The van der Waals surface area contributed by atoms with Crippen LogP contribution < -0.4 is 10.2 Å². The highest BCUT2D eigenvalue weighted by Crippen LogP contribution is 2.41. The van der Waals surface area contributed by atoms with E-state index < -0.39 is 5.97 Å². The van der Waals surface area contributed by atoms with Crippen LogP contribution in [-0.4, -0.2) is 31.4 Å². The lowest BCUT2D eigenvalue weighted by Gasteiger charge is -2.23. The predicted octanol–water partition coefficient (Wildman–Crippen LogP) is 4.84. The molecule has 32 heavy (non-hydrogen) atoms. The molecule has 1 aliphatic heterocycles. The van der Waals surface area contributed by atoms with Crippen molar-refractivity contribution in [3.8, 4) is 0 Å². The van der Waals surface area contributed by atoms with E-state index in [1.807, 2.05) is 44.2 Å². The largest absolute Gasteiger partial charge is 0.465 e. The summed E-state index contributed by atoms with van der Waals surface area (Å²) in [5.74, 6) is -1.14. The summed E-state index contributed by atoms with van der Waals surface area (Å²) in [6.07, 6.45) is 0. The number of carbonyl (C=O) groups is 3. The van der Waals surface area contributed by atoms with Crippen LogP contribution in [0.1, 0.15) is 31.8 Å². The summed E-state index contributed by atoms with van der Waals surface area (Å²) in [5, 5.41) is 2.90. The van der Waals surface area contributed by atoms with Gasteiger partial charge in [0.25, 0.3) is 5.91 Å². The third-order valence-corrected chi connectivity index (χ3v) is 6.35. The zero-order chi connectivity index (χ0) is 22.8. The fourth-order valence-corrected chi connectivity index (χ4v) is 4.67. The van der Waals surface area contributed by atoms with E-state index in [1.54, 1.807) is 30.3 Å². The van der Waals surface area contributed by atoms with Crippen molar-refractivity contribution in [2.24, 2.45) is 0 Å². The van der Waals surface area contributed by atoms with Gasteiger partial charge in [-0.15, -0.1) is 0 Å². The van der Waals surface area contributed by atoms with Crippen molar-refractivity contribution >= 4 is 40.9 Å². The van der Waals surface area contributed by atoms with Crippen molar-refractivity contribution in [2.75, 3.05) is 23.9 Å². The maximum absolute atomic E-state index is 13.5. The minimum atomic E-state index is -0.508. The van der Waals surface area contributed by atoms with E-state index in [4.69, 9.17) is 4.74 Å². The van der Waals surface area contributed by atoms with Crippen LogP contribution in [0.3, 0.4) is 0 Å². The smallest absolute Gasteiger partial charge is 0.337 e. The molecule has 162 valence electrons. The molecule has 6 nitrogen and oxygen atoms in total. The van der Waals surface area contributed by atoms with Crippen molar-refractivity contribution in [1.29, 1.82) is 0 Å². The lowest BCUT2D eigenvalue weighted by molar-refractivity contribution is -0.114. The molecule has 2 amide bonds. The van der Waals surface area contributed by atoms with Crippen LogP contribution in [-0.2, 0) is 9.53 Å². The maximum atomic E-state index is 13.5. The number of nitrogens with one attached hydrogen (secondary N) is 1. The third-order valence-electron chi connectivity index (χ3n) is 5.21. The van der Waals surface area contributed by atoms with E-state index in [1.165, 1.54) is 23.8 Å². The molecule has 1 N–H and O–H groups in total. The van der Waals surface area contributed by atoms with Crippen molar-refractivity contribution in [1.82, 2.24) is 0 Å². The summed E-state index contributed by atoms with van der Waals surface area (Å²) in [6.45, 7) is 3.71. The van der Waals surface area contributed by atoms with Crippen LogP contribution in [0.4, 0.5) is 11.4 Å². The van der Waals surface area contributed by atoms with Gasteiger partial charge in [0.15, 0.2) is 0 Å². The van der Waals surface area contributed by atoms with Crippen LogP contribution in [0.5, 0.6) is 0 Å². The topological polar surface area (TPSA) is 75.7 Å². The lowest BCUT2D eigenvalue weighted by Crippen LogP contribution is -2.38. The van der Waals surface area contributed by atoms with Gasteiger partial charge in [0, 0.05) is 15.5 Å². The summed E-state index contributed by atoms with van der Waals surface area (Å²) < 4.78 is 4.84. The van der Waals surface area contributed by atoms with Crippen LogP contribution in [0.2, 0.25) is 0 Å². The van der Waals surface area contributed by atoms with Gasteiger partial charge < -0.3 is 10.1 Å². The van der Waals surface area contributed by atoms with E-state index >= 15 is 0 Å². The van der Waals surface area contributed by atoms with Crippen molar-refractivity contribution in [2.45, 2.75) is 23.6 Å². The highest BCUT2D eigenvalue weighted by atomic mass is 32.2. The minimum absolute atomic E-state index is 0.196. The molecule has 0 spiro atoms. The van der Waals surface area contributed by atoms with Gasteiger partial charge >= 0.3 is 5.97 Å². The van der Waals surface area contributed by atoms with Crippen molar-refractivity contribution in [3.05, 3.63) is 82.9 Å². The summed E-state index contributed by atoms with van der Waals surface area (Å²) in [4.78, 5) is 41.5. The number of methoxy groups -OCH3 is 1. The molecule has 1 heterocycles. The van der Waals surface area contributed by atoms with E-state index in [0.717, 1.165) is 20.9 Å². The van der Waals surface area contributed by atoms with E-state index in [-0.39, 0.29) is 18.4 Å². The second-order valence-electron chi connectivity index (χ2n) is 7.53. The fraction of sp³-hybridized carbons (Fsp3) is 0.160. The summed E-state index contributed by atoms with van der Waals surface area (Å²) in [6, 6.07) is 18.1. The van der Waals surface area contributed by atoms with Crippen LogP contribution in [0.25, 0.3) is 0 Å². The summed E-state index contributed by atoms with van der Waals surface area (Å²) >= 11 is 1.43. The first-order valence-electron chi connectivity index (χ1n) is 10.1. The molecule has 0 unspecified atom stereocenters. The number of rotatable bonds is 4. The van der Waals surface area contributed by atoms with Gasteiger partial charge in [-0.1, -0.05) is 41.6 Å². The molecule has 1 aliphatic rings. The number of esters is 1. The quantitative estimate of drug-likeness (QED) is 0.581. The number of anilines is 2. The number of amides is 2. The summed E-state index contributed by atoms with van der Waals surface area (Å²) in [5.41, 5.74) is 4.05. The molecule has 0 aromatic heterocycles. The molecule has 0 bridgehead atoms. The Labute approximate surface area is 190 Å². The number of aryl methyl sites for hydroxylation is 2. The molecule has 3 aromatic carbocycles. The molecule has 0 fully saturated rings. The highest BCUT2D eigenvalue weighted by molar-refractivity contribution is 7.99. The molecular formula is C25H22N2O4S. The second kappa shape index (κ2) is 8.88. The Morgan fingerprint density at radius 1 is 1.00 bits per heavy atom. The molecule has 0 radical (unpaired) electrons. The first-order chi connectivity index (χ1) is 15.4. The molecule has 0 saturated heterocycles. The predicted molar refractivity (Wildman–Crippen MR) is 125 cm³/mol. The average molecular weight is 447 g/mol. The zero-order valence-corrected chi connectivity index (χ0v) is 18.8. The van der Waals surface area contributed by atoms with E-state index in [9.17, 15) is 14.4 Å². The number of ether oxygens (including phenoxy) is 1. The van der Waals surface area contributed by atoms with E-state index in [0.29, 0.717) is 22.5 Å². The molecule has 0 aliphatic carbocycles. The fourth-order valence-electron chi connectivity index (χ4n) is 3.61. The second-order valence-corrected chi connectivity index (χ2v) is 8.61. The van der Waals surface area contributed by atoms with Gasteiger partial charge in [-0.05, 0) is 55.8 Å². The molecule has 0 atom stereocenters. The Bertz CT molecular complexity index is 1240. The number of fused-ring (bicyclic) bond motifs is 2. The molecule has 0 saturated carbocycles. The summed E-state index contributed by atoms with van der Waals surface area (Å²) in [7, 11) is 1.30. The Morgan fingerprint density at radius 2 is 1.78 bits per heavy atom. The van der Waals surface area contributed by atoms with Gasteiger partial charge in [-0.3, -0.25) is 14.5 Å². The SMILES string of the molecule is COC(=O)c1ccc2c(c1)N(CC(=O)Nc1ccc(C)cc1C)C(=O)c1ccccc1S2. The third kappa shape index (κ3) is 4.24. The van der Waals surface area contributed by atoms with Crippen molar-refractivity contribution < 1.29 is 19.1 Å². The van der Waals surface area contributed by atoms with Gasteiger partial charge in [0.05, 0.1) is 23.9 Å². The number of hydrogen-bond donors (Lipinski definition) is 1. The Kier molecular flexibility index (Phi) is 6.01.